The summed E-state index contributed by atoms with van der Waals surface area (Å²) in [5, 5.41) is 4.26. The smallest absolute Gasteiger partial charge is 0.258 e. The van der Waals surface area contributed by atoms with E-state index < -0.39 is 0 Å². The lowest BCUT2D eigenvalue weighted by Crippen LogP contribution is -2.40. The van der Waals surface area contributed by atoms with Gasteiger partial charge in [0.25, 0.3) is 5.91 Å². The third-order valence-corrected chi connectivity index (χ3v) is 5.15. The van der Waals surface area contributed by atoms with E-state index in [0.717, 1.165) is 23.6 Å². The molecule has 1 aromatic carbocycles. The van der Waals surface area contributed by atoms with Gasteiger partial charge in [-0.1, -0.05) is 30.3 Å². The summed E-state index contributed by atoms with van der Waals surface area (Å²) in [6.07, 6.45) is 6.75. The number of carbonyl (C=O) groups excluding carboxylic acids is 1. The van der Waals surface area contributed by atoms with Crippen molar-refractivity contribution in [1.82, 2.24) is 19.5 Å². The van der Waals surface area contributed by atoms with Crippen LogP contribution in [0.3, 0.4) is 0 Å². The molecule has 4 rings (SSSR count). The summed E-state index contributed by atoms with van der Waals surface area (Å²) >= 11 is 1.89. The van der Waals surface area contributed by atoms with Gasteiger partial charge in [-0.3, -0.25) is 9.78 Å². The molecule has 1 saturated heterocycles. The van der Waals surface area contributed by atoms with Gasteiger partial charge in [-0.15, -0.1) is 0 Å². The molecule has 0 aliphatic carbocycles. The normalized spacial score (nSPS) is 18.3. The Morgan fingerprint density at radius 1 is 1.22 bits per heavy atom. The quantitative estimate of drug-likeness (QED) is 0.727. The Morgan fingerprint density at radius 3 is 2.96 bits per heavy atom. The number of aromatic nitrogens is 3. The Balaban J connectivity index is 1.71. The lowest BCUT2D eigenvalue weighted by molar-refractivity contribution is 0.0703. The van der Waals surface area contributed by atoms with Gasteiger partial charge in [0.2, 0.25) is 0 Å². The van der Waals surface area contributed by atoms with E-state index >= 15 is 0 Å². The number of rotatable bonds is 2. The lowest BCUT2D eigenvalue weighted by atomic mass is 10.1. The number of amides is 1. The monoisotopic (exact) mass is 324 g/mol. The van der Waals surface area contributed by atoms with Crippen LogP contribution in [0.5, 0.6) is 0 Å². The molecular formula is C17H16N4OS. The first-order chi connectivity index (χ1) is 11.3. The maximum absolute atomic E-state index is 13.1. The Kier molecular flexibility index (Phi) is 3.75. The summed E-state index contributed by atoms with van der Waals surface area (Å²) in [6.45, 7) is 0.751. The van der Waals surface area contributed by atoms with Gasteiger partial charge in [-0.05, 0) is 5.56 Å². The molecule has 23 heavy (non-hydrogen) atoms. The fourth-order valence-electron chi connectivity index (χ4n) is 2.95. The average Bonchev–Trinajstić information content (AvgIpc) is 3.06. The van der Waals surface area contributed by atoms with E-state index in [1.165, 1.54) is 5.56 Å². The van der Waals surface area contributed by atoms with Crippen LogP contribution in [-0.2, 0) is 0 Å². The Hall–Kier alpha value is -2.34. The van der Waals surface area contributed by atoms with Crippen LogP contribution in [-0.4, -0.2) is 43.5 Å². The highest BCUT2D eigenvalue weighted by atomic mass is 32.2. The van der Waals surface area contributed by atoms with Crippen molar-refractivity contribution < 1.29 is 4.79 Å². The predicted octanol–water partition coefficient (Wildman–Crippen LogP) is 2.66. The van der Waals surface area contributed by atoms with E-state index in [1.54, 1.807) is 29.3 Å². The molecule has 0 radical (unpaired) electrons. The van der Waals surface area contributed by atoms with Crippen molar-refractivity contribution in [1.29, 1.82) is 0 Å². The number of thioether (sulfide) groups is 1. The van der Waals surface area contributed by atoms with Crippen molar-refractivity contribution in [3.8, 4) is 0 Å². The van der Waals surface area contributed by atoms with Gasteiger partial charge in [-0.25, -0.2) is 4.52 Å². The largest absolute Gasteiger partial charge is 0.330 e. The molecule has 0 N–H and O–H groups in total. The van der Waals surface area contributed by atoms with E-state index in [9.17, 15) is 4.79 Å². The van der Waals surface area contributed by atoms with Crippen LogP contribution < -0.4 is 0 Å². The molecule has 5 nitrogen and oxygen atoms in total. The summed E-state index contributed by atoms with van der Waals surface area (Å²) in [5.41, 5.74) is 2.55. The van der Waals surface area contributed by atoms with Crippen LogP contribution in [0.1, 0.15) is 22.0 Å². The maximum atomic E-state index is 13.1. The molecule has 0 bridgehead atoms. The molecule has 1 amide bonds. The molecule has 1 aliphatic heterocycles. The van der Waals surface area contributed by atoms with Gasteiger partial charge in [-0.2, -0.15) is 16.9 Å². The zero-order chi connectivity index (χ0) is 15.6. The van der Waals surface area contributed by atoms with E-state index in [0.29, 0.717) is 5.56 Å². The summed E-state index contributed by atoms with van der Waals surface area (Å²) in [6, 6.07) is 10.3. The molecular weight excluding hydrogens is 308 g/mol. The van der Waals surface area contributed by atoms with Gasteiger partial charge in [0.15, 0.2) is 0 Å². The lowest BCUT2D eigenvalue weighted by Gasteiger charge is -2.35. The first kappa shape index (κ1) is 14.3. The van der Waals surface area contributed by atoms with Crippen LogP contribution in [0, 0.1) is 0 Å². The molecule has 6 heteroatoms. The summed E-state index contributed by atoms with van der Waals surface area (Å²) in [7, 11) is 0. The third-order valence-electron chi connectivity index (χ3n) is 4.13. The number of fused-ring (bicyclic) bond motifs is 1. The van der Waals surface area contributed by atoms with Crippen molar-refractivity contribution in [3.05, 3.63) is 66.2 Å². The zero-order valence-corrected chi connectivity index (χ0v) is 13.3. The first-order valence-corrected chi connectivity index (χ1v) is 8.71. The highest BCUT2D eigenvalue weighted by Gasteiger charge is 2.30. The molecule has 0 spiro atoms. The first-order valence-electron chi connectivity index (χ1n) is 7.55. The molecule has 1 atom stereocenters. The summed E-state index contributed by atoms with van der Waals surface area (Å²) in [5.74, 6) is 1.92. The average molecular weight is 324 g/mol. The number of nitrogens with zero attached hydrogens (tertiary/aromatic N) is 4. The van der Waals surface area contributed by atoms with Crippen molar-refractivity contribution in [2.45, 2.75) is 6.04 Å². The van der Waals surface area contributed by atoms with E-state index in [4.69, 9.17) is 0 Å². The molecule has 0 saturated carbocycles. The maximum Gasteiger partial charge on any atom is 0.258 e. The van der Waals surface area contributed by atoms with Gasteiger partial charge >= 0.3 is 0 Å². The van der Waals surface area contributed by atoms with Crippen LogP contribution in [0.25, 0.3) is 5.52 Å². The second kappa shape index (κ2) is 6.04. The van der Waals surface area contributed by atoms with Gasteiger partial charge < -0.3 is 4.90 Å². The van der Waals surface area contributed by atoms with Crippen LogP contribution in [0.15, 0.2) is 55.1 Å². The number of carbonyl (C=O) groups is 1. The van der Waals surface area contributed by atoms with Crippen molar-refractivity contribution >= 4 is 23.2 Å². The highest BCUT2D eigenvalue weighted by molar-refractivity contribution is 7.99. The second-order valence-corrected chi connectivity index (χ2v) is 6.61. The Labute approximate surface area is 138 Å². The standard InChI is InChI=1S/C17H16N4OS/c22-17(14-10-19-21-7-6-18-11-15(14)21)20-8-9-23-12-16(20)13-4-2-1-3-5-13/h1-7,10-11,16H,8-9,12H2. The minimum absolute atomic E-state index is 0.0298. The van der Waals surface area contributed by atoms with Gasteiger partial charge in [0.05, 0.1) is 29.5 Å². The SMILES string of the molecule is O=C(c1cnn2ccncc12)N1CCSCC1c1ccccc1. The van der Waals surface area contributed by atoms with Crippen LogP contribution >= 0.6 is 11.8 Å². The number of hydrogen-bond donors (Lipinski definition) is 0. The number of hydrogen-bond acceptors (Lipinski definition) is 4. The molecule has 2 aromatic heterocycles. The van der Waals surface area contributed by atoms with Crippen LogP contribution in [0.2, 0.25) is 0 Å². The predicted molar refractivity (Wildman–Crippen MR) is 90.5 cm³/mol. The van der Waals surface area contributed by atoms with Crippen molar-refractivity contribution in [2.24, 2.45) is 0 Å². The Morgan fingerprint density at radius 2 is 2.09 bits per heavy atom. The summed E-state index contributed by atoms with van der Waals surface area (Å²) in [4.78, 5) is 19.2. The molecule has 3 heterocycles. The topological polar surface area (TPSA) is 50.5 Å². The van der Waals surface area contributed by atoms with Crippen molar-refractivity contribution in [3.63, 3.8) is 0 Å². The summed E-state index contributed by atoms with van der Waals surface area (Å²) < 4.78 is 1.69. The minimum Gasteiger partial charge on any atom is -0.330 e. The molecule has 1 unspecified atom stereocenters. The zero-order valence-electron chi connectivity index (χ0n) is 12.5. The molecule has 1 fully saturated rings. The fourth-order valence-corrected chi connectivity index (χ4v) is 4.04. The van der Waals surface area contributed by atoms with Gasteiger partial charge in [0, 0.05) is 30.4 Å². The van der Waals surface area contributed by atoms with E-state index in [-0.39, 0.29) is 11.9 Å². The number of benzene rings is 1. The van der Waals surface area contributed by atoms with Crippen LogP contribution in [0.4, 0.5) is 0 Å². The molecule has 116 valence electrons. The Bertz CT molecular complexity index is 833. The fraction of sp³-hybridized carbons (Fsp3) is 0.235. The second-order valence-electron chi connectivity index (χ2n) is 5.46. The van der Waals surface area contributed by atoms with E-state index in [1.807, 2.05) is 34.9 Å². The molecule has 1 aliphatic rings. The molecule has 3 aromatic rings. The highest BCUT2D eigenvalue weighted by Crippen LogP contribution is 2.31. The van der Waals surface area contributed by atoms with E-state index in [2.05, 4.69) is 22.2 Å². The minimum atomic E-state index is 0.0298. The van der Waals surface area contributed by atoms with Crippen molar-refractivity contribution in [2.75, 3.05) is 18.1 Å². The van der Waals surface area contributed by atoms with Gasteiger partial charge in [0.1, 0.15) is 0 Å². The third kappa shape index (κ3) is 2.59.